The van der Waals surface area contributed by atoms with Crippen molar-refractivity contribution in [2.24, 2.45) is 5.73 Å². The molecule has 0 radical (unpaired) electrons. The topological polar surface area (TPSA) is 101 Å². The number of rotatable bonds is 10. The Bertz CT molecular complexity index is 1370. The predicted octanol–water partition coefficient (Wildman–Crippen LogP) is 5.42. The lowest BCUT2D eigenvalue weighted by Crippen LogP contribution is -2.11. The number of hydrogen-bond acceptors (Lipinski definition) is 7. The standard InChI is InChI=1S/C29H29NO6/c1-3-33-28(31)15-22-8-9-23(29(32)34-4-2)14-27(22)36-18-24-17-35-26-11-10-21(13-25(24)26)20-7-5-6-19(12-20)16-30/h5-14,17H,3-4,15-16,18,30H2,1-2H3. The molecule has 36 heavy (non-hydrogen) atoms. The molecule has 4 aromatic rings. The van der Waals surface area contributed by atoms with E-state index in [1.165, 1.54) is 0 Å². The lowest BCUT2D eigenvalue weighted by Gasteiger charge is -2.13. The average molecular weight is 488 g/mol. The Labute approximate surface area is 209 Å². The van der Waals surface area contributed by atoms with Crippen LogP contribution in [-0.2, 0) is 33.8 Å². The second kappa shape index (κ2) is 11.6. The van der Waals surface area contributed by atoms with Crippen LogP contribution in [0.3, 0.4) is 0 Å². The molecular formula is C29H29NO6. The summed E-state index contributed by atoms with van der Waals surface area (Å²) in [5, 5.41) is 0.916. The van der Waals surface area contributed by atoms with Gasteiger partial charge < -0.3 is 24.4 Å². The minimum absolute atomic E-state index is 0.0278. The van der Waals surface area contributed by atoms with E-state index in [2.05, 4.69) is 12.1 Å². The summed E-state index contributed by atoms with van der Waals surface area (Å²) in [6.07, 6.45) is 1.69. The summed E-state index contributed by atoms with van der Waals surface area (Å²) in [4.78, 5) is 24.4. The Morgan fingerprint density at radius 1 is 0.889 bits per heavy atom. The highest BCUT2D eigenvalue weighted by molar-refractivity contribution is 5.90. The predicted molar refractivity (Wildman–Crippen MR) is 137 cm³/mol. The minimum atomic E-state index is -0.455. The molecule has 3 aromatic carbocycles. The van der Waals surface area contributed by atoms with Gasteiger partial charge in [0, 0.05) is 23.1 Å². The number of esters is 2. The van der Waals surface area contributed by atoms with Gasteiger partial charge >= 0.3 is 11.9 Å². The van der Waals surface area contributed by atoms with Crippen LogP contribution in [-0.4, -0.2) is 25.2 Å². The molecular weight excluding hydrogens is 458 g/mol. The summed E-state index contributed by atoms with van der Waals surface area (Å²) in [6, 6.07) is 19.0. The number of carbonyl (C=O) groups excluding carboxylic acids is 2. The van der Waals surface area contributed by atoms with Gasteiger partial charge in [-0.05, 0) is 60.9 Å². The molecule has 1 heterocycles. The SMILES string of the molecule is CCOC(=O)Cc1ccc(C(=O)OCC)cc1OCc1coc2ccc(-c3cccc(CN)c3)cc12. The van der Waals surface area contributed by atoms with E-state index >= 15 is 0 Å². The smallest absolute Gasteiger partial charge is 0.338 e. The third kappa shape index (κ3) is 5.75. The van der Waals surface area contributed by atoms with Crippen molar-refractivity contribution in [2.45, 2.75) is 33.4 Å². The first kappa shape index (κ1) is 25.0. The summed E-state index contributed by atoms with van der Waals surface area (Å²) in [5.74, 6) is -0.415. The molecule has 0 fully saturated rings. The second-order valence-electron chi connectivity index (χ2n) is 8.19. The second-order valence-corrected chi connectivity index (χ2v) is 8.19. The van der Waals surface area contributed by atoms with Crippen LogP contribution in [0.1, 0.15) is 40.9 Å². The van der Waals surface area contributed by atoms with Crippen LogP contribution < -0.4 is 10.5 Å². The maximum atomic E-state index is 12.3. The number of ether oxygens (including phenoxy) is 3. The zero-order valence-corrected chi connectivity index (χ0v) is 20.4. The first-order valence-electron chi connectivity index (χ1n) is 11.9. The molecule has 0 aliphatic carbocycles. The molecule has 0 amide bonds. The molecule has 7 heteroatoms. The van der Waals surface area contributed by atoms with Crippen molar-refractivity contribution < 1.29 is 28.2 Å². The van der Waals surface area contributed by atoms with Crippen molar-refractivity contribution in [3.05, 3.63) is 89.2 Å². The Morgan fingerprint density at radius 3 is 2.47 bits per heavy atom. The summed E-state index contributed by atoms with van der Waals surface area (Å²) in [6.45, 7) is 4.70. The van der Waals surface area contributed by atoms with Crippen LogP contribution in [0.25, 0.3) is 22.1 Å². The Hall–Kier alpha value is -4.10. The van der Waals surface area contributed by atoms with Crippen molar-refractivity contribution in [1.29, 1.82) is 0 Å². The molecule has 0 bridgehead atoms. The van der Waals surface area contributed by atoms with E-state index in [4.69, 9.17) is 24.4 Å². The van der Waals surface area contributed by atoms with E-state index in [1.807, 2.05) is 30.3 Å². The van der Waals surface area contributed by atoms with Gasteiger partial charge in [0.25, 0.3) is 0 Å². The summed E-state index contributed by atoms with van der Waals surface area (Å²) >= 11 is 0. The number of carbonyl (C=O) groups is 2. The zero-order valence-electron chi connectivity index (χ0n) is 20.4. The van der Waals surface area contributed by atoms with Gasteiger partial charge in [-0.25, -0.2) is 4.79 Å². The fourth-order valence-electron chi connectivity index (χ4n) is 3.95. The maximum absolute atomic E-state index is 12.3. The van der Waals surface area contributed by atoms with Gasteiger partial charge in [0.1, 0.15) is 17.9 Å². The van der Waals surface area contributed by atoms with Crippen LogP contribution >= 0.6 is 0 Å². The molecule has 0 saturated carbocycles. The van der Waals surface area contributed by atoms with Crippen LogP contribution in [0.15, 0.2) is 71.3 Å². The van der Waals surface area contributed by atoms with Crippen LogP contribution in [0, 0.1) is 0 Å². The third-order valence-electron chi connectivity index (χ3n) is 5.75. The Kier molecular flexibility index (Phi) is 8.02. The van der Waals surface area contributed by atoms with Gasteiger partial charge in [-0.15, -0.1) is 0 Å². The number of hydrogen-bond donors (Lipinski definition) is 1. The van der Waals surface area contributed by atoms with E-state index in [0.29, 0.717) is 23.4 Å². The molecule has 2 N–H and O–H groups in total. The molecule has 0 atom stereocenters. The van der Waals surface area contributed by atoms with Gasteiger partial charge in [-0.1, -0.05) is 30.3 Å². The van der Waals surface area contributed by atoms with Gasteiger partial charge in [-0.3, -0.25) is 4.79 Å². The largest absolute Gasteiger partial charge is 0.488 e. The normalized spacial score (nSPS) is 10.9. The molecule has 0 spiro atoms. The first-order valence-corrected chi connectivity index (χ1v) is 11.9. The van der Waals surface area contributed by atoms with E-state index in [0.717, 1.165) is 33.2 Å². The van der Waals surface area contributed by atoms with Gasteiger partial charge in [-0.2, -0.15) is 0 Å². The highest BCUT2D eigenvalue weighted by Gasteiger charge is 2.16. The number of benzene rings is 3. The van der Waals surface area contributed by atoms with Crippen molar-refractivity contribution in [1.82, 2.24) is 0 Å². The highest BCUT2D eigenvalue weighted by Crippen LogP contribution is 2.30. The number of nitrogens with two attached hydrogens (primary N) is 1. The van der Waals surface area contributed by atoms with E-state index in [1.54, 1.807) is 38.3 Å². The molecule has 0 aliphatic heterocycles. The van der Waals surface area contributed by atoms with Crippen LogP contribution in [0.4, 0.5) is 0 Å². The van der Waals surface area contributed by atoms with E-state index < -0.39 is 5.97 Å². The maximum Gasteiger partial charge on any atom is 0.338 e. The quantitative estimate of drug-likeness (QED) is 0.298. The minimum Gasteiger partial charge on any atom is -0.488 e. The van der Waals surface area contributed by atoms with Crippen molar-refractivity contribution in [3.63, 3.8) is 0 Å². The fourth-order valence-corrected chi connectivity index (χ4v) is 3.95. The number of furan rings is 1. The molecule has 1 aromatic heterocycles. The summed E-state index contributed by atoms with van der Waals surface area (Å²) in [7, 11) is 0. The van der Waals surface area contributed by atoms with Gasteiger partial charge in [0.05, 0.1) is 31.5 Å². The number of fused-ring (bicyclic) bond motifs is 1. The highest BCUT2D eigenvalue weighted by atomic mass is 16.5. The molecule has 186 valence electrons. The monoisotopic (exact) mass is 487 g/mol. The molecule has 0 saturated heterocycles. The van der Waals surface area contributed by atoms with Gasteiger partial charge in [0.15, 0.2) is 0 Å². The third-order valence-corrected chi connectivity index (χ3v) is 5.75. The van der Waals surface area contributed by atoms with Crippen molar-refractivity contribution in [3.8, 4) is 16.9 Å². The summed E-state index contributed by atoms with van der Waals surface area (Å²) in [5.41, 5.74) is 11.5. The fraction of sp³-hybridized carbons (Fsp3) is 0.241. The molecule has 7 nitrogen and oxygen atoms in total. The van der Waals surface area contributed by atoms with Crippen molar-refractivity contribution in [2.75, 3.05) is 13.2 Å². The van der Waals surface area contributed by atoms with Crippen LogP contribution in [0.2, 0.25) is 0 Å². The lowest BCUT2D eigenvalue weighted by atomic mass is 10.0. The van der Waals surface area contributed by atoms with E-state index in [9.17, 15) is 9.59 Å². The molecule has 0 aliphatic rings. The average Bonchev–Trinajstić information content (AvgIpc) is 3.30. The van der Waals surface area contributed by atoms with Gasteiger partial charge in [0.2, 0.25) is 0 Å². The summed E-state index contributed by atoms with van der Waals surface area (Å²) < 4.78 is 22.1. The zero-order chi connectivity index (χ0) is 25.5. The molecule has 0 unspecified atom stereocenters. The molecule has 4 rings (SSSR count). The van der Waals surface area contributed by atoms with E-state index in [-0.39, 0.29) is 32.2 Å². The van der Waals surface area contributed by atoms with Crippen LogP contribution in [0.5, 0.6) is 5.75 Å². The lowest BCUT2D eigenvalue weighted by molar-refractivity contribution is -0.142. The van der Waals surface area contributed by atoms with Crippen molar-refractivity contribution >= 4 is 22.9 Å². The Balaban J connectivity index is 1.62. The first-order chi connectivity index (χ1) is 17.5. The Morgan fingerprint density at radius 2 is 1.69 bits per heavy atom.